The molecule has 0 saturated carbocycles. The van der Waals surface area contributed by atoms with Gasteiger partial charge in [0.05, 0.1) is 17.1 Å². The Kier molecular flexibility index (Phi) is 8.05. The van der Waals surface area contributed by atoms with Gasteiger partial charge in [-0.25, -0.2) is 9.80 Å². The third-order valence-corrected chi connectivity index (χ3v) is 7.45. The Balaban J connectivity index is 1.49. The molecule has 3 heterocycles. The molecule has 2 fully saturated rings. The van der Waals surface area contributed by atoms with Gasteiger partial charge in [-0.3, -0.25) is 24.2 Å². The second-order valence-corrected chi connectivity index (χ2v) is 11.4. The summed E-state index contributed by atoms with van der Waals surface area (Å²) in [4.78, 5) is 63.3. The third kappa shape index (κ3) is 5.98. The second-order valence-electron chi connectivity index (χ2n) is 10.3. The van der Waals surface area contributed by atoms with Crippen LogP contribution in [0, 0.1) is 5.41 Å². The lowest BCUT2D eigenvalue weighted by Gasteiger charge is -2.47. The molecule has 0 aromatic heterocycles. The molecule has 1 aromatic rings. The number of carbonyl (C=O) groups is 5. The molecule has 3 atom stereocenters. The SMILES string of the molecule is CC(C)(C)C(=O)OCS[C@H](Cc1ccc2c(c1)OCO2)C(=O)NC1CC(=O)N2CCC[C@@H](C(=O)O)N2C1=O. The molecule has 3 aliphatic heterocycles. The zero-order chi connectivity index (χ0) is 27.6. The molecule has 2 saturated heterocycles. The molecule has 12 nitrogen and oxygen atoms in total. The highest BCUT2D eigenvalue weighted by Gasteiger charge is 2.47. The van der Waals surface area contributed by atoms with Crippen LogP contribution in [0.1, 0.15) is 45.6 Å². The van der Waals surface area contributed by atoms with Gasteiger partial charge < -0.3 is 24.6 Å². The first kappa shape index (κ1) is 27.6. The summed E-state index contributed by atoms with van der Waals surface area (Å²) in [5.74, 6) is -2.21. The predicted octanol–water partition coefficient (Wildman–Crippen LogP) is 1.31. The number of amides is 3. The van der Waals surface area contributed by atoms with Gasteiger partial charge in [-0.15, -0.1) is 11.8 Å². The fourth-order valence-electron chi connectivity index (χ4n) is 4.38. The molecule has 3 amide bonds. The summed E-state index contributed by atoms with van der Waals surface area (Å²) in [5, 5.41) is 13.6. The van der Waals surface area contributed by atoms with E-state index in [1.54, 1.807) is 39.0 Å². The van der Waals surface area contributed by atoms with Crippen LogP contribution in [0.5, 0.6) is 11.5 Å². The first-order valence-electron chi connectivity index (χ1n) is 12.3. The fraction of sp³-hybridized carbons (Fsp3) is 0.560. The average Bonchev–Trinajstić information content (AvgIpc) is 3.33. The van der Waals surface area contributed by atoms with Crippen molar-refractivity contribution in [2.75, 3.05) is 19.3 Å². The number of benzene rings is 1. The number of hydrogen-bond donors (Lipinski definition) is 2. The molecule has 13 heteroatoms. The number of carboxylic acids is 1. The minimum atomic E-state index is -1.21. The molecule has 0 bridgehead atoms. The van der Waals surface area contributed by atoms with Crippen LogP contribution in [0.25, 0.3) is 0 Å². The van der Waals surface area contributed by atoms with Crippen LogP contribution in [0.3, 0.4) is 0 Å². The van der Waals surface area contributed by atoms with Crippen LogP contribution in [0.2, 0.25) is 0 Å². The van der Waals surface area contributed by atoms with Crippen molar-refractivity contribution in [3.8, 4) is 11.5 Å². The van der Waals surface area contributed by atoms with Crippen molar-refractivity contribution in [3.05, 3.63) is 23.8 Å². The second kappa shape index (κ2) is 11.1. The Bertz CT molecular complexity index is 1130. The topological polar surface area (TPSA) is 152 Å². The zero-order valence-corrected chi connectivity index (χ0v) is 22.2. The van der Waals surface area contributed by atoms with Crippen molar-refractivity contribution in [3.63, 3.8) is 0 Å². The van der Waals surface area contributed by atoms with Crippen LogP contribution in [0.15, 0.2) is 18.2 Å². The number of carbonyl (C=O) groups excluding carboxylic acids is 4. The van der Waals surface area contributed by atoms with Crippen molar-refractivity contribution < 1.29 is 43.3 Å². The largest absolute Gasteiger partial charge is 0.480 e. The summed E-state index contributed by atoms with van der Waals surface area (Å²) in [6.07, 6.45) is 0.620. The lowest BCUT2D eigenvalue weighted by atomic mass is 9.98. The minimum absolute atomic E-state index is 0.0999. The summed E-state index contributed by atoms with van der Waals surface area (Å²) in [6.45, 7) is 5.50. The first-order chi connectivity index (χ1) is 18.0. The van der Waals surface area contributed by atoms with Gasteiger partial charge in [0.15, 0.2) is 17.5 Å². The van der Waals surface area contributed by atoms with E-state index in [-0.39, 0.29) is 38.5 Å². The zero-order valence-electron chi connectivity index (χ0n) is 21.4. The van der Waals surface area contributed by atoms with E-state index in [4.69, 9.17) is 14.2 Å². The van der Waals surface area contributed by atoms with E-state index in [0.29, 0.717) is 17.9 Å². The van der Waals surface area contributed by atoms with Crippen LogP contribution < -0.4 is 14.8 Å². The van der Waals surface area contributed by atoms with Crippen molar-refractivity contribution >= 4 is 41.4 Å². The Hall–Kier alpha value is -3.48. The van der Waals surface area contributed by atoms with E-state index in [0.717, 1.165) is 27.3 Å². The maximum absolute atomic E-state index is 13.4. The average molecular weight is 550 g/mol. The van der Waals surface area contributed by atoms with Gasteiger partial charge in [-0.1, -0.05) is 6.07 Å². The van der Waals surface area contributed by atoms with E-state index < -0.39 is 52.4 Å². The Morgan fingerprint density at radius 2 is 1.95 bits per heavy atom. The molecule has 3 aliphatic rings. The smallest absolute Gasteiger partial charge is 0.328 e. The lowest BCUT2D eigenvalue weighted by molar-refractivity contribution is -0.190. The number of carboxylic acid groups (broad SMARTS) is 1. The van der Waals surface area contributed by atoms with Gasteiger partial charge in [-0.05, 0) is 57.7 Å². The number of hydrogen-bond acceptors (Lipinski definition) is 9. The molecule has 0 aliphatic carbocycles. The Labute approximate surface area is 223 Å². The lowest BCUT2D eigenvalue weighted by Crippen LogP contribution is -2.68. The van der Waals surface area contributed by atoms with Crippen LogP contribution in [0.4, 0.5) is 0 Å². The summed E-state index contributed by atoms with van der Waals surface area (Å²) in [7, 11) is 0. The number of nitrogens with one attached hydrogen (secondary N) is 1. The van der Waals surface area contributed by atoms with Crippen molar-refractivity contribution in [1.29, 1.82) is 0 Å². The Morgan fingerprint density at radius 1 is 1.21 bits per heavy atom. The molecule has 0 radical (unpaired) electrons. The van der Waals surface area contributed by atoms with Crippen LogP contribution in [-0.2, 0) is 35.1 Å². The van der Waals surface area contributed by atoms with E-state index in [9.17, 15) is 29.1 Å². The van der Waals surface area contributed by atoms with Gasteiger partial charge in [0.25, 0.3) is 5.91 Å². The quantitative estimate of drug-likeness (QED) is 0.359. The van der Waals surface area contributed by atoms with E-state index in [1.165, 1.54) is 0 Å². The fourth-order valence-corrected chi connectivity index (χ4v) is 5.25. The van der Waals surface area contributed by atoms with Crippen LogP contribution in [-0.4, -0.2) is 81.4 Å². The Morgan fingerprint density at radius 3 is 2.66 bits per heavy atom. The molecule has 4 rings (SSSR count). The van der Waals surface area contributed by atoms with E-state index in [2.05, 4.69) is 5.32 Å². The number of thioether (sulfide) groups is 1. The predicted molar refractivity (Wildman–Crippen MR) is 134 cm³/mol. The van der Waals surface area contributed by atoms with Gasteiger partial charge in [-0.2, -0.15) is 0 Å². The summed E-state index contributed by atoms with van der Waals surface area (Å²) < 4.78 is 16.1. The number of esters is 1. The van der Waals surface area contributed by atoms with Gasteiger partial charge in [0, 0.05) is 6.54 Å². The molecular formula is C25H31N3O9S. The highest BCUT2D eigenvalue weighted by Crippen LogP contribution is 2.34. The number of rotatable bonds is 8. The van der Waals surface area contributed by atoms with Crippen molar-refractivity contribution in [1.82, 2.24) is 15.3 Å². The highest BCUT2D eigenvalue weighted by atomic mass is 32.2. The summed E-state index contributed by atoms with van der Waals surface area (Å²) in [5.41, 5.74) is 0.0363. The molecule has 38 heavy (non-hydrogen) atoms. The number of nitrogens with zero attached hydrogens (tertiary/aromatic N) is 2. The van der Waals surface area contributed by atoms with Gasteiger partial charge >= 0.3 is 11.9 Å². The number of ether oxygens (including phenoxy) is 3. The van der Waals surface area contributed by atoms with E-state index in [1.807, 2.05) is 0 Å². The molecule has 1 aromatic carbocycles. The number of aliphatic carboxylic acids is 1. The normalized spacial score (nSPS) is 21.6. The monoisotopic (exact) mass is 549 g/mol. The minimum Gasteiger partial charge on any atom is -0.480 e. The summed E-state index contributed by atoms with van der Waals surface area (Å²) >= 11 is 1.08. The maximum atomic E-state index is 13.4. The standard InChI is InChI=1S/C25H31N3O9S/c1-25(2,3)24(34)37-13-38-19(10-14-6-7-17-18(9-14)36-12-35-17)21(30)26-15-11-20(29)27-8-4-5-16(23(32)33)28(27)22(15)31/h6-7,9,15-16,19H,4-5,8,10-13H2,1-3H3,(H,26,30)(H,32,33)/t15?,16-,19+/m0/s1. The van der Waals surface area contributed by atoms with Gasteiger partial charge in [0.2, 0.25) is 18.6 Å². The number of hydrazine groups is 1. The van der Waals surface area contributed by atoms with Crippen LogP contribution >= 0.6 is 11.8 Å². The molecule has 1 unspecified atom stereocenters. The first-order valence-corrected chi connectivity index (χ1v) is 13.3. The molecule has 2 N–H and O–H groups in total. The summed E-state index contributed by atoms with van der Waals surface area (Å²) in [6, 6.07) is 2.90. The third-order valence-electron chi connectivity index (χ3n) is 6.42. The molecule has 206 valence electrons. The maximum Gasteiger partial charge on any atom is 0.328 e. The molecular weight excluding hydrogens is 518 g/mol. The van der Waals surface area contributed by atoms with Crippen molar-refractivity contribution in [2.24, 2.45) is 5.41 Å². The van der Waals surface area contributed by atoms with E-state index >= 15 is 0 Å². The number of fused-ring (bicyclic) bond motifs is 2. The molecule has 0 spiro atoms. The van der Waals surface area contributed by atoms with Crippen molar-refractivity contribution in [2.45, 2.75) is 63.8 Å². The van der Waals surface area contributed by atoms with Gasteiger partial charge in [0.1, 0.15) is 12.0 Å². The highest BCUT2D eigenvalue weighted by molar-refractivity contribution is 8.00.